The highest BCUT2D eigenvalue weighted by Gasteiger charge is 2.02. The van der Waals surface area contributed by atoms with Gasteiger partial charge in [-0.05, 0) is 30.5 Å². The molecule has 1 aromatic rings. The fourth-order valence-corrected chi connectivity index (χ4v) is 1.17. The Morgan fingerprint density at radius 2 is 2.08 bits per heavy atom. The molecule has 1 rings (SSSR count). The lowest BCUT2D eigenvalue weighted by atomic mass is 10.0. The lowest BCUT2D eigenvalue weighted by molar-refractivity contribution is 0.867. The summed E-state index contributed by atoms with van der Waals surface area (Å²) in [4.78, 5) is 4.20. The van der Waals surface area contributed by atoms with E-state index in [2.05, 4.69) is 24.9 Å². The van der Waals surface area contributed by atoms with Crippen LogP contribution < -0.4 is 5.73 Å². The van der Waals surface area contributed by atoms with Crippen LogP contribution in [-0.2, 0) is 0 Å². The van der Waals surface area contributed by atoms with Crippen molar-refractivity contribution in [1.82, 2.24) is 0 Å². The third-order valence-corrected chi connectivity index (χ3v) is 1.99. The maximum absolute atomic E-state index is 5.76. The molecule has 13 heavy (non-hydrogen) atoms. The fourth-order valence-electron chi connectivity index (χ4n) is 1.17. The van der Waals surface area contributed by atoms with Crippen molar-refractivity contribution in [2.24, 2.45) is 4.99 Å². The van der Waals surface area contributed by atoms with Crippen molar-refractivity contribution in [3.63, 3.8) is 0 Å². The van der Waals surface area contributed by atoms with Gasteiger partial charge in [0.05, 0.1) is 11.4 Å². The Hall–Kier alpha value is -1.31. The molecule has 0 heterocycles. The van der Waals surface area contributed by atoms with Crippen LogP contribution in [0, 0.1) is 0 Å². The summed E-state index contributed by atoms with van der Waals surface area (Å²) < 4.78 is 0. The summed E-state index contributed by atoms with van der Waals surface area (Å²) in [6.45, 7) is 6.21. The van der Waals surface area contributed by atoms with Crippen molar-refractivity contribution >= 4 is 17.6 Å². The molecule has 2 heteroatoms. The zero-order chi connectivity index (χ0) is 9.84. The number of nitrogens with zero attached hydrogens (tertiary/aromatic N) is 1. The Labute approximate surface area is 79.5 Å². The first-order valence-electron chi connectivity index (χ1n) is 4.53. The van der Waals surface area contributed by atoms with Gasteiger partial charge in [-0.15, -0.1) is 0 Å². The Bertz CT molecular complexity index is 314. The summed E-state index contributed by atoms with van der Waals surface area (Å²) in [5, 5.41) is 0. The quantitative estimate of drug-likeness (QED) is 0.545. The molecule has 0 radical (unpaired) electrons. The van der Waals surface area contributed by atoms with Crippen LogP contribution >= 0.6 is 0 Å². The monoisotopic (exact) mass is 176 g/mol. The van der Waals surface area contributed by atoms with Gasteiger partial charge in [0, 0.05) is 6.21 Å². The topological polar surface area (TPSA) is 38.4 Å². The summed E-state index contributed by atoms with van der Waals surface area (Å²) in [5.41, 5.74) is 8.64. The average molecular weight is 176 g/mol. The molecule has 0 unspecified atom stereocenters. The predicted molar refractivity (Wildman–Crippen MR) is 58.8 cm³/mol. The van der Waals surface area contributed by atoms with Gasteiger partial charge in [0.25, 0.3) is 0 Å². The van der Waals surface area contributed by atoms with E-state index < -0.39 is 0 Å². The van der Waals surface area contributed by atoms with E-state index in [1.165, 1.54) is 5.56 Å². The van der Waals surface area contributed by atoms with Gasteiger partial charge < -0.3 is 5.73 Å². The van der Waals surface area contributed by atoms with E-state index in [0.29, 0.717) is 5.92 Å². The number of nitrogen functional groups attached to an aromatic ring is 1. The van der Waals surface area contributed by atoms with Crippen molar-refractivity contribution in [2.45, 2.75) is 26.7 Å². The molecule has 2 nitrogen and oxygen atoms in total. The Kier molecular flexibility index (Phi) is 3.07. The molecule has 0 amide bonds. The Morgan fingerprint density at radius 3 is 2.62 bits per heavy atom. The second-order valence-electron chi connectivity index (χ2n) is 3.36. The third kappa shape index (κ3) is 2.31. The molecule has 0 aliphatic carbocycles. The predicted octanol–water partition coefficient (Wildman–Crippen LogP) is 3.11. The van der Waals surface area contributed by atoms with E-state index in [0.717, 1.165) is 11.4 Å². The first kappa shape index (κ1) is 9.78. The van der Waals surface area contributed by atoms with Crippen LogP contribution in [0.2, 0.25) is 0 Å². The second kappa shape index (κ2) is 4.08. The van der Waals surface area contributed by atoms with Gasteiger partial charge in [-0.1, -0.05) is 19.9 Å². The third-order valence-electron chi connectivity index (χ3n) is 1.99. The molecule has 0 bridgehead atoms. The first-order chi connectivity index (χ1) is 6.15. The number of rotatable bonds is 2. The minimum absolute atomic E-state index is 0.520. The second-order valence-corrected chi connectivity index (χ2v) is 3.36. The van der Waals surface area contributed by atoms with E-state index in [1.54, 1.807) is 6.21 Å². The molecule has 2 N–H and O–H groups in total. The number of benzene rings is 1. The summed E-state index contributed by atoms with van der Waals surface area (Å²) in [6, 6.07) is 6.01. The van der Waals surface area contributed by atoms with E-state index >= 15 is 0 Å². The standard InChI is InChI=1S/C11H16N2/c1-4-13-11-7-9(8(2)3)5-6-10(11)12/h4-8H,12H2,1-3H3. The van der Waals surface area contributed by atoms with Gasteiger partial charge in [0.1, 0.15) is 0 Å². The van der Waals surface area contributed by atoms with Gasteiger partial charge in [0.15, 0.2) is 0 Å². The lowest BCUT2D eigenvalue weighted by Gasteiger charge is -2.07. The fraction of sp³-hybridized carbons (Fsp3) is 0.364. The van der Waals surface area contributed by atoms with Gasteiger partial charge in [-0.25, -0.2) is 0 Å². The maximum Gasteiger partial charge on any atom is 0.0857 e. The van der Waals surface area contributed by atoms with Crippen molar-refractivity contribution in [2.75, 3.05) is 5.73 Å². The zero-order valence-electron chi connectivity index (χ0n) is 8.41. The highest BCUT2D eigenvalue weighted by atomic mass is 14.8. The SMILES string of the molecule is CC=Nc1cc(C(C)C)ccc1N. The smallest absolute Gasteiger partial charge is 0.0857 e. The molecule has 0 atom stereocenters. The van der Waals surface area contributed by atoms with E-state index in [-0.39, 0.29) is 0 Å². The van der Waals surface area contributed by atoms with Crippen molar-refractivity contribution < 1.29 is 0 Å². The number of nitrogens with two attached hydrogens (primary N) is 1. The average Bonchev–Trinajstić information content (AvgIpc) is 2.08. The number of aliphatic imine (C=N–C) groups is 1. The van der Waals surface area contributed by atoms with Crippen molar-refractivity contribution in [3.8, 4) is 0 Å². The Balaban J connectivity index is 3.11. The van der Waals surface area contributed by atoms with Crippen LogP contribution in [0.4, 0.5) is 11.4 Å². The molecule has 1 aromatic carbocycles. The molecule has 0 aromatic heterocycles. The minimum Gasteiger partial charge on any atom is -0.397 e. The number of hydrogen-bond acceptors (Lipinski definition) is 2. The molecule has 70 valence electrons. The molecule has 0 saturated heterocycles. The molecular weight excluding hydrogens is 160 g/mol. The van der Waals surface area contributed by atoms with Crippen LogP contribution in [0.15, 0.2) is 23.2 Å². The van der Waals surface area contributed by atoms with E-state index in [9.17, 15) is 0 Å². The molecule has 0 saturated carbocycles. The van der Waals surface area contributed by atoms with Crippen LogP contribution in [0.1, 0.15) is 32.3 Å². The Morgan fingerprint density at radius 1 is 1.38 bits per heavy atom. The zero-order valence-corrected chi connectivity index (χ0v) is 8.41. The highest BCUT2D eigenvalue weighted by molar-refractivity contribution is 5.70. The van der Waals surface area contributed by atoms with Gasteiger partial charge >= 0.3 is 0 Å². The summed E-state index contributed by atoms with van der Waals surface area (Å²) in [5.74, 6) is 0.520. The normalized spacial score (nSPS) is 11.4. The number of hydrogen-bond donors (Lipinski definition) is 1. The van der Waals surface area contributed by atoms with Crippen molar-refractivity contribution in [3.05, 3.63) is 23.8 Å². The van der Waals surface area contributed by atoms with E-state index in [1.807, 2.05) is 19.1 Å². The van der Waals surface area contributed by atoms with Gasteiger partial charge in [-0.3, -0.25) is 4.99 Å². The van der Waals surface area contributed by atoms with Crippen LogP contribution in [0.3, 0.4) is 0 Å². The van der Waals surface area contributed by atoms with Crippen LogP contribution in [0.5, 0.6) is 0 Å². The summed E-state index contributed by atoms with van der Waals surface area (Å²) >= 11 is 0. The largest absolute Gasteiger partial charge is 0.397 e. The molecule has 0 spiro atoms. The van der Waals surface area contributed by atoms with Crippen LogP contribution in [-0.4, -0.2) is 6.21 Å². The summed E-state index contributed by atoms with van der Waals surface area (Å²) in [6.07, 6.45) is 1.76. The highest BCUT2D eigenvalue weighted by Crippen LogP contribution is 2.26. The summed E-state index contributed by atoms with van der Waals surface area (Å²) in [7, 11) is 0. The van der Waals surface area contributed by atoms with Crippen LogP contribution in [0.25, 0.3) is 0 Å². The maximum atomic E-state index is 5.76. The lowest BCUT2D eigenvalue weighted by Crippen LogP contribution is -1.90. The molecular formula is C11H16N2. The molecule has 0 aliphatic rings. The van der Waals surface area contributed by atoms with Crippen molar-refractivity contribution in [1.29, 1.82) is 0 Å². The van der Waals surface area contributed by atoms with E-state index in [4.69, 9.17) is 5.73 Å². The minimum atomic E-state index is 0.520. The molecule has 0 fully saturated rings. The number of anilines is 1. The first-order valence-corrected chi connectivity index (χ1v) is 4.53. The van der Waals surface area contributed by atoms with Gasteiger partial charge in [0.2, 0.25) is 0 Å². The molecule has 0 aliphatic heterocycles. The van der Waals surface area contributed by atoms with Gasteiger partial charge in [-0.2, -0.15) is 0 Å².